The lowest BCUT2D eigenvalue weighted by Crippen LogP contribution is -2.65. The van der Waals surface area contributed by atoms with E-state index in [1.165, 1.54) is 71.0 Å². The van der Waals surface area contributed by atoms with Crippen molar-refractivity contribution in [2.45, 2.75) is 97.6 Å². The van der Waals surface area contributed by atoms with Gasteiger partial charge in [0, 0.05) is 24.7 Å². The van der Waals surface area contributed by atoms with Gasteiger partial charge in [0.05, 0.1) is 0 Å². The third kappa shape index (κ3) is 5.90. The highest BCUT2D eigenvalue weighted by Gasteiger charge is 2.37. The average Bonchev–Trinajstić information content (AvgIpc) is 2.50. The number of hydrogen-bond donors (Lipinski definition) is 1. The summed E-state index contributed by atoms with van der Waals surface area (Å²) in [6, 6.07) is 0.729. The highest BCUT2D eigenvalue weighted by Crippen LogP contribution is 2.26. The Morgan fingerprint density at radius 1 is 1.00 bits per heavy atom. The van der Waals surface area contributed by atoms with Crippen LogP contribution in [0.25, 0.3) is 0 Å². The second-order valence-electron chi connectivity index (χ2n) is 7.42. The maximum Gasteiger partial charge on any atom is 0.0304 e. The van der Waals surface area contributed by atoms with E-state index in [0.717, 1.165) is 12.0 Å². The normalized spacial score (nSPS) is 22.9. The van der Waals surface area contributed by atoms with Gasteiger partial charge in [0.1, 0.15) is 0 Å². The number of rotatable bonds is 10. The van der Waals surface area contributed by atoms with E-state index >= 15 is 0 Å². The molecule has 1 fully saturated rings. The van der Waals surface area contributed by atoms with Gasteiger partial charge in [0.15, 0.2) is 0 Å². The molecule has 0 aromatic rings. The molecule has 0 saturated carbocycles. The SMILES string of the molecule is CCCCCCCCN1CC(CC)(CC)NCC1C(C)C. The van der Waals surface area contributed by atoms with Crippen LogP contribution in [0.4, 0.5) is 0 Å². The van der Waals surface area contributed by atoms with Gasteiger partial charge in [0.25, 0.3) is 0 Å². The summed E-state index contributed by atoms with van der Waals surface area (Å²) in [7, 11) is 0. The molecule has 0 aromatic heterocycles. The molecule has 1 heterocycles. The standard InChI is InChI=1S/C19H40N2/c1-6-9-10-11-12-13-14-21-16-19(7-2,8-3)20-15-18(21)17(4)5/h17-18,20H,6-16H2,1-5H3. The summed E-state index contributed by atoms with van der Waals surface area (Å²) in [4.78, 5) is 2.80. The fourth-order valence-electron chi connectivity index (χ4n) is 3.73. The van der Waals surface area contributed by atoms with Crippen LogP contribution in [-0.2, 0) is 0 Å². The summed E-state index contributed by atoms with van der Waals surface area (Å²) in [5.74, 6) is 0.754. The molecule has 21 heavy (non-hydrogen) atoms. The van der Waals surface area contributed by atoms with Gasteiger partial charge in [-0.05, 0) is 31.7 Å². The molecule has 1 aliphatic rings. The van der Waals surface area contributed by atoms with E-state index in [2.05, 4.69) is 44.8 Å². The fourth-order valence-corrected chi connectivity index (χ4v) is 3.73. The van der Waals surface area contributed by atoms with Gasteiger partial charge in [-0.15, -0.1) is 0 Å². The molecule has 1 saturated heterocycles. The van der Waals surface area contributed by atoms with Crippen LogP contribution in [-0.4, -0.2) is 36.1 Å². The van der Waals surface area contributed by atoms with Crippen molar-refractivity contribution in [3.8, 4) is 0 Å². The minimum absolute atomic E-state index is 0.369. The maximum absolute atomic E-state index is 3.87. The molecule has 0 radical (unpaired) electrons. The molecule has 0 amide bonds. The number of nitrogens with zero attached hydrogens (tertiary/aromatic N) is 1. The number of unbranched alkanes of at least 4 members (excludes halogenated alkanes) is 5. The zero-order valence-corrected chi connectivity index (χ0v) is 15.4. The van der Waals surface area contributed by atoms with E-state index < -0.39 is 0 Å². The van der Waals surface area contributed by atoms with Gasteiger partial charge in [-0.3, -0.25) is 4.90 Å². The quantitative estimate of drug-likeness (QED) is 0.581. The predicted molar refractivity (Wildman–Crippen MR) is 94.9 cm³/mol. The summed E-state index contributed by atoms with van der Waals surface area (Å²) in [6.45, 7) is 15.5. The average molecular weight is 297 g/mol. The van der Waals surface area contributed by atoms with Crippen molar-refractivity contribution in [1.82, 2.24) is 10.2 Å². The third-order valence-corrected chi connectivity index (χ3v) is 5.58. The first-order valence-corrected chi connectivity index (χ1v) is 9.57. The maximum atomic E-state index is 3.87. The Balaban J connectivity index is 2.44. The monoisotopic (exact) mass is 296 g/mol. The van der Waals surface area contributed by atoms with Gasteiger partial charge < -0.3 is 5.32 Å². The first-order chi connectivity index (χ1) is 10.1. The Labute approximate surface area is 134 Å². The van der Waals surface area contributed by atoms with Crippen LogP contribution in [0.5, 0.6) is 0 Å². The molecular weight excluding hydrogens is 256 g/mol. The second kappa shape index (κ2) is 9.84. The lowest BCUT2D eigenvalue weighted by atomic mass is 9.86. The van der Waals surface area contributed by atoms with E-state index in [-0.39, 0.29) is 0 Å². The number of piperazine rings is 1. The number of hydrogen-bond acceptors (Lipinski definition) is 2. The molecule has 126 valence electrons. The molecule has 2 nitrogen and oxygen atoms in total. The van der Waals surface area contributed by atoms with Gasteiger partial charge in [-0.2, -0.15) is 0 Å². The van der Waals surface area contributed by atoms with Gasteiger partial charge in [0.2, 0.25) is 0 Å². The van der Waals surface area contributed by atoms with Crippen molar-refractivity contribution in [2.75, 3.05) is 19.6 Å². The lowest BCUT2D eigenvalue weighted by Gasteiger charge is -2.49. The predicted octanol–water partition coefficient (Wildman–Crippen LogP) is 4.84. The molecule has 0 bridgehead atoms. The van der Waals surface area contributed by atoms with Crippen LogP contribution < -0.4 is 5.32 Å². The molecule has 1 unspecified atom stereocenters. The second-order valence-corrected chi connectivity index (χ2v) is 7.42. The van der Waals surface area contributed by atoms with E-state index in [4.69, 9.17) is 0 Å². The van der Waals surface area contributed by atoms with Crippen LogP contribution in [0.1, 0.15) is 86.0 Å². The topological polar surface area (TPSA) is 15.3 Å². The Morgan fingerprint density at radius 3 is 2.19 bits per heavy atom. The zero-order valence-electron chi connectivity index (χ0n) is 15.4. The van der Waals surface area contributed by atoms with Crippen molar-refractivity contribution in [3.63, 3.8) is 0 Å². The highest BCUT2D eigenvalue weighted by molar-refractivity contribution is 4.97. The summed E-state index contributed by atoms with van der Waals surface area (Å²) in [5, 5.41) is 3.87. The third-order valence-electron chi connectivity index (χ3n) is 5.58. The van der Waals surface area contributed by atoms with Crippen molar-refractivity contribution in [2.24, 2.45) is 5.92 Å². The zero-order chi connectivity index (χ0) is 15.7. The summed E-state index contributed by atoms with van der Waals surface area (Å²) < 4.78 is 0. The highest BCUT2D eigenvalue weighted by atomic mass is 15.3. The fraction of sp³-hybridized carbons (Fsp3) is 1.00. The van der Waals surface area contributed by atoms with E-state index in [1.54, 1.807) is 0 Å². The molecule has 0 aliphatic carbocycles. The lowest BCUT2D eigenvalue weighted by molar-refractivity contribution is 0.0491. The molecule has 0 aromatic carbocycles. The van der Waals surface area contributed by atoms with Gasteiger partial charge in [-0.25, -0.2) is 0 Å². The summed E-state index contributed by atoms with van der Waals surface area (Å²) in [6.07, 6.45) is 10.9. The minimum atomic E-state index is 0.369. The van der Waals surface area contributed by atoms with E-state index in [1.807, 2.05) is 0 Å². The first-order valence-electron chi connectivity index (χ1n) is 9.57. The number of nitrogens with one attached hydrogen (secondary N) is 1. The summed E-state index contributed by atoms with van der Waals surface area (Å²) >= 11 is 0. The molecule has 1 aliphatic heterocycles. The van der Waals surface area contributed by atoms with Crippen LogP contribution >= 0.6 is 0 Å². The molecule has 1 N–H and O–H groups in total. The van der Waals surface area contributed by atoms with Crippen molar-refractivity contribution >= 4 is 0 Å². The van der Waals surface area contributed by atoms with Crippen LogP contribution in [0.2, 0.25) is 0 Å². The molecule has 0 spiro atoms. The molecule has 2 heteroatoms. The van der Waals surface area contributed by atoms with Crippen LogP contribution in [0, 0.1) is 5.92 Å². The summed E-state index contributed by atoms with van der Waals surface area (Å²) in [5.41, 5.74) is 0.369. The smallest absolute Gasteiger partial charge is 0.0304 e. The molecule has 1 atom stereocenters. The van der Waals surface area contributed by atoms with Gasteiger partial charge >= 0.3 is 0 Å². The Kier molecular flexibility index (Phi) is 8.89. The molecular formula is C19H40N2. The van der Waals surface area contributed by atoms with E-state index in [9.17, 15) is 0 Å². The van der Waals surface area contributed by atoms with Crippen molar-refractivity contribution in [3.05, 3.63) is 0 Å². The van der Waals surface area contributed by atoms with E-state index in [0.29, 0.717) is 5.54 Å². The van der Waals surface area contributed by atoms with Crippen molar-refractivity contribution in [1.29, 1.82) is 0 Å². The largest absolute Gasteiger partial charge is 0.308 e. The Bertz CT molecular complexity index is 258. The van der Waals surface area contributed by atoms with Gasteiger partial charge in [-0.1, -0.05) is 66.7 Å². The molecule has 1 rings (SSSR count). The van der Waals surface area contributed by atoms with Crippen LogP contribution in [0.3, 0.4) is 0 Å². The van der Waals surface area contributed by atoms with Crippen LogP contribution in [0.15, 0.2) is 0 Å². The van der Waals surface area contributed by atoms with Crippen molar-refractivity contribution < 1.29 is 0 Å². The first kappa shape index (κ1) is 19.0. The minimum Gasteiger partial charge on any atom is -0.308 e. The Morgan fingerprint density at radius 2 is 1.62 bits per heavy atom. The Hall–Kier alpha value is -0.0800.